The van der Waals surface area contributed by atoms with E-state index in [9.17, 15) is 4.79 Å². The van der Waals surface area contributed by atoms with E-state index >= 15 is 0 Å². The van der Waals surface area contributed by atoms with E-state index in [1.165, 1.54) is 6.42 Å². The average molecular weight is 199 g/mol. The minimum Gasteiger partial charge on any atom is -0.346 e. The molecule has 0 spiro atoms. The molecule has 1 heterocycles. The van der Waals surface area contributed by atoms with Crippen LogP contribution in [-0.4, -0.2) is 55.5 Å². The summed E-state index contributed by atoms with van der Waals surface area (Å²) < 4.78 is 0. The number of amides is 1. The molecule has 4 heteroatoms. The van der Waals surface area contributed by atoms with Crippen LogP contribution in [0.3, 0.4) is 0 Å². The summed E-state index contributed by atoms with van der Waals surface area (Å²) in [6, 6.07) is 0. The SMILES string of the molecule is CC(=O)N(C)C[C@@H]1CCN(CCN)C1. The van der Waals surface area contributed by atoms with Gasteiger partial charge in [-0.2, -0.15) is 0 Å². The Bertz CT molecular complexity index is 196. The normalized spacial score (nSPS) is 22.6. The van der Waals surface area contributed by atoms with Gasteiger partial charge in [0.2, 0.25) is 5.91 Å². The zero-order chi connectivity index (χ0) is 10.6. The van der Waals surface area contributed by atoms with E-state index in [2.05, 4.69) is 4.90 Å². The summed E-state index contributed by atoms with van der Waals surface area (Å²) in [5.41, 5.74) is 5.50. The third kappa shape index (κ3) is 3.27. The fraction of sp³-hybridized carbons (Fsp3) is 0.900. The zero-order valence-corrected chi connectivity index (χ0v) is 9.20. The van der Waals surface area contributed by atoms with E-state index in [0.29, 0.717) is 5.92 Å². The van der Waals surface area contributed by atoms with Gasteiger partial charge < -0.3 is 15.5 Å². The van der Waals surface area contributed by atoms with Gasteiger partial charge in [0.15, 0.2) is 0 Å². The summed E-state index contributed by atoms with van der Waals surface area (Å²) in [4.78, 5) is 15.2. The van der Waals surface area contributed by atoms with E-state index in [4.69, 9.17) is 5.73 Å². The van der Waals surface area contributed by atoms with Gasteiger partial charge in [-0.25, -0.2) is 0 Å². The number of carbonyl (C=O) groups excluding carboxylic acids is 1. The van der Waals surface area contributed by atoms with Gasteiger partial charge in [-0.3, -0.25) is 4.79 Å². The van der Waals surface area contributed by atoms with Crippen LogP contribution in [0.4, 0.5) is 0 Å². The summed E-state index contributed by atoms with van der Waals surface area (Å²) in [5, 5.41) is 0. The van der Waals surface area contributed by atoms with Crippen LogP contribution in [0, 0.1) is 5.92 Å². The summed E-state index contributed by atoms with van der Waals surface area (Å²) in [7, 11) is 1.87. The summed E-state index contributed by atoms with van der Waals surface area (Å²) in [6.45, 7) is 6.45. The summed E-state index contributed by atoms with van der Waals surface area (Å²) >= 11 is 0. The molecule has 0 unspecified atom stereocenters. The molecule has 1 atom stereocenters. The third-order valence-electron chi connectivity index (χ3n) is 2.88. The van der Waals surface area contributed by atoms with Crippen molar-refractivity contribution in [2.24, 2.45) is 11.7 Å². The molecule has 1 amide bonds. The predicted octanol–water partition coefficient (Wildman–Crippen LogP) is -0.255. The van der Waals surface area contributed by atoms with Crippen molar-refractivity contribution in [1.29, 1.82) is 0 Å². The highest BCUT2D eigenvalue weighted by Gasteiger charge is 2.23. The number of likely N-dealkylation sites (tertiary alicyclic amines) is 1. The monoisotopic (exact) mass is 199 g/mol. The van der Waals surface area contributed by atoms with E-state index < -0.39 is 0 Å². The predicted molar refractivity (Wildman–Crippen MR) is 56.9 cm³/mol. The lowest BCUT2D eigenvalue weighted by Gasteiger charge is -2.20. The molecule has 1 rings (SSSR count). The number of rotatable bonds is 4. The largest absolute Gasteiger partial charge is 0.346 e. The standard InChI is InChI=1S/C10H21N3O/c1-9(14)12(2)7-10-3-5-13(8-10)6-4-11/h10H,3-8,11H2,1-2H3/t10-/m0/s1. The second-order valence-corrected chi connectivity index (χ2v) is 4.14. The Labute approximate surface area is 86.0 Å². The van der Waals surface area contributed by atoms with Gasteiger partial charge in [0, 0.05) is 40.2 Å². The van der Waals surface area contributed by atoms with Crippen LogP contribution in [0.2, 0.25) is 0 Å². The molecule has 0 aromatic rings. The minimum absolute atomic E-state index is 0.155. The fourth-order valence-corrected chi connectivity index (χ4v) is 1.96. The molecular formula is C10H21N3O. The first-order chi connectivity index (χ1) is 6.63. The molecule has 1 aliphatic rings. The molecule has 2 N–H and O–H groups in total. The maximum atomic E-state index is 11.0. The lowest BCUT2D eigenvalue weighted by Crippen LogP contribution is -2.32. The maximum Gasteiger partial charge on any atom is 0.219 e. The highest BCUT2D eigenvalue weighted by molar-refractivity contribution is 5.72. The van der Waals surface area contributed by atoms with Crippen LogP contribution in [0.5, 0.6) is 0 Å². The molecule has 0 bridgehead atoms. The van der Waals surface area contributed by atoms with Crippen LogP contribution >= 0.6 is 0 Å². The fourth-order valence-electron chi connectivity index (χ4n) is 1.96. The van der Waals surface area contributed by atoms with Crippen molar-refractivity contribution in [2.75, 3.05) is 39.8 Å². The first-order valence-electron chi connectivity index (χ1n) is 5.27. The molecule has 82 valence electrons. The third-order valence-corrected chi connectivity index (χ3v) is 2.88. The van der Waals surface area contributed by atoms with Crippen molar-refractivity contribution in [1.82, 2.24) is 9.80 Å². The first-order valence-corrected chi connectivity index (χ1v) is 5.27. The highest BCUT2D eigenvalue weighted by Crippen LogP contribution is 2.16. The van der Waals surface area contributed by atoms with Crippen molar-refractivity contribution in [2.45, 2.75) is 13.3 Å². The highest BCUT2D eigenvalue weighted by atomic mass is 16.2. The Morgan fingerprint density at radius 2 is 2.36 bits per heavy atom. The molecule has 14 heavy (non-hydrogen) atoms. The molecule has 0 aliphatic carbocycles. The lowest BCUT2D eigenvalue weighted by atomic mass is 10.1. The van der Waals surface area contributed by atoms with E-state index in [1.54, 1.807) is 11.8 Å². The van der Waals surface area contributed by atoms with Crippen molar-refractivity contribution in [3.8, 4) is 0 Å². The maximum absolute atomic E-state index is 11.0. The first kappa shape index (κ1) is 11.5. The van der Waals surface area contributed by atoms with E-state index in [1.807, 2.05) is 7.05 Å². The number of nitrogens with two attached hydrogens (primary N) is 1. The Hall–Kier alpha value is -0.610. The van der Waals surface area contributed by atoms with Crippen LogP contribution in [0.15, 0.2) is 0 Å². The molecular weight excluding hydrogens is 178 g/mol. The molecule has 1 fully saturated rings. The van der Waals surface area contributed by atoms with Gasteiger partial charge >= 0.3 is 0 Å². The number of carbonyl (C=O) groups is 1. The van der Waals surface area contributed by atoms with Gasteiger partial charge in [-0.05, 0) is 18.9 Å². The molecule has 4 nitrogen and oxygen atoms in total. The quantitative estimate of drug-likeness (QED) is 0.679. The molecule has 0 radical (unpaired) electrons. The van der Waals surface area contributed by atoms with E-state index in [-0.39, 0.29) is 5.91 Å². The summed E-state index contributed by atoms with van der Waals surface area (Å²) in [6.07, 6.45) is 1.19. The van der Waals surface area contributed by atoms with Crippen LogP contribution in [-0.2, 0) is 4.79 Å². The molecule has 1 saturated heterocycles. The van der Waals surface area contributed by atoms with Crippen LogP contribution in [0.1, 0.15) is 13.3 Å². The van der Waals surface area contributed by atoms with Crippen molar-refractivity contribution in [3.05, 3.63) is 0 Å². The lowest BCUT2D eigenvalue weighted by molar-refractivity contribution is -0.128. The van der Waals surface area contributed by atoms with Crippen LogP contribution < -0.4 is 5.73 Å². The van der Waals surface area contributed by atoms with Gasteiger partial charge in [0.05, 0.1) is 0 Å². The Kier molecular flexibility index (Phi) is 4.35. The Morgan fingerprint density at radius 3 is 2.93 bits per heavy atom. The number of hydrogen-bond acceptors (Lipinski definition) is 3. The zero-order valence-electron chi connectivity index (χ0n) is 9.20. The van der Waals surface area contributed by atoms with Crippen molar-refractivity contribution in [3.63, 3.8) is 0 Å². The Morgan fingerprint density at radius 1 is 1.64 bits per heavy atom. The van der Waals surface area contributed by atoms with Crippen LogP contribution in [0.25, 0.3) is 0 Å². The van der Waals surface area contributed by atoms with Gasteiger partial charge in [-0.15, -0.1) is 0 Å². The molecule has 0 saturated carbocycles. The smallest absolute Gasteiger partial charge is 0.219 e. The Balaban J connectivity index is 2.25. The second-order valence-electron chi connectivity index (χ2n) is 4.14. The minimum atomic E-state index is 0.155. The molecule has 0 aromatic carbocycles. The van der Waals surface area contributed by atoms with Crippen molar-refractivity contribution < 1.29 is 4.79 Å². The van der Waals surface area contributed by atoms with Crippen molar-refractivity contribution >= 4 is 5.91 Å². The average Bonchev–Trinajstić information content (AvgIpc) is 2.53. The van der Waals surface area contributed by atoms with E-state index in [0.717, 1.165) is 32.7 Å². The molecule has 1 aliphatic heterocycles. The topological polar surface area (TPSA) is 49.6 Å². The summed E-state index contributed by atoms with van der Waals surface area (Å²) in [5.74, 6) is 0.790. The number of nitrogens with zero attached hydrogens (tertiary/aromatic N) is 2. The second kappa shape index (κ2) is 5.32. The van der Waals surface area contributed by atoms with Gasteiger partial charge in [0.25, 0.3) is 0 Å². The number of hydrogen-bond donors (Lipinski definition) is 1. The van der Waals surface area contributed by atoms with Gasteiger partial charge in [-0.1, -0.05) is 0 Å². The van der Waals surface area contributed by atoms with Gasteiger partial charge in [0.1, 0.15) is 0 Å². The molecule has 0 aromatic heterocycles.